The molecular weight excluding hydrogens is 318 g/mol. The van der Waals surface area contributed by atoms with Crippen molar-refractivity contribution in [2.75, 3.05) is 12.4 Å². The van der Waals surface area contributed by atoms with Crippen LogP contribution < -0.4 is 15.5 Å². The molecule has 0 radical (unpaired) electrons. The van der Waals surface area contributed by atoms with Crippen LogP contribution >= 0.6 is 0 Å². The molecule has 6 nitrogen and oxygen atoms in total. The van der Waals surface area contributed by atoms with E-state index in [1.807, 2.05) is 53.4 Å². The maximum absolute atomic E-state index is 12.4. The van der Waals surface area contributed by atoms with Crippen molar-refractivity contribution in [1.82, 2.24) is 9.13 Å². The van der Waals surface area contributed by atoms with Gasteiger partial charge in [-0.3, -0.25) is 9.59 Å². The average Bonchev–Trinajstić information content (AvgIpc) is 3.12. The number of nitrogens with one attached hydrogen (secondary N) is 1. The van der Waals surface area contributed by atoms with Crippen molar-refractivity contribution in [2.24, 2.45) is 0 Å². The highest BCUT2D eigenvalue weighted by Crippen LogP contribution is 2.15. The second kappa shape index (κ2) is 7.09. The van der Waals surface area contributed by atoms with Gasteiger partial charge in [-0.25, -0.2) is 0 Å². The largest absolute Gasteiger partial charge is 0.491 e. The van der Waals surface area contributed by atoms with Crippen LogP contribution in [-0.4, -0.2) is 22.2 Å². The van der Waals surface area contributed by atoms with Gasteiger partial charge in [0.2, 0.25) is 11.3 Å². The zero-order valence-electron chi connectivity index (χ0n) is 14.1. The van der Waals surface area contributed by atoms with E-state index in [0.29, 0.717) is 11.4 Å². The zero-order chi connectivity index (χ0) is 17.8. The molecule has 0 saturated heterocycles. The number of ether oxygens (including phenoxy) is 1. The minimum atomic E-state index is -0.198. The van der Waals surface area contributed by atoms with Gasteiger partial charge in [-0.2, -0.15) is 0 Å². The second-order valence-corrected chi connectivity index (χ2v) is 5.66. The van der Waals surface area contributed by atoms with Crippen molar-refractivity contribution in [3.63, 3.8) is 0 Å². The van der Waals surface area contributed by atoms with Gasteiger partial charge < -0.3 is 19.2 Å². The molecule has 1 aromatic carbocycles. The summed E-state index contributed by atoms with van der Waals surface area (Å²) < 4.78 is 8.68. The number of benzene rings is 1. The summed E-state index contributed by atoms with van der Waals surface area (Å²) >= 11 is 0. The van der Waals surface area contributed by atoms with Crippen molar-refractivity contribution in [3.05, 3.63) is 77.0 Å². The average molecular weight is 337 g/mol. The number of hydrogen-bond acceptors (Lipinski definition) is 3. The molecule has 0 saturated carbocycles. The fourth-order valence-electron chi connectivity index (χ4n) is 2.58. The van der Waals surface area contributed by atoms with Crippen LogP contribution in [0, 0.1) is 6.92 Å². The number of carbonyl (C=O) groups excluding carboxylic acids is 1. The third kappa shape index (κ3) is 3.80. The number of anilines is 1. The van der Waals surface area contributed by atoms with Crippen molar-refractivity contribution in [2.45, 2.75) is 13.5 Å². The van der Waals surface area contributed by atoms with Crippen LogP contribution in [0.15, 0.2) is 65.8 Å². The first kappa shape index (κ1) is 16.6. The number of aryl methyl sites for hydroxylation is 1. The fraction of sp³-hybridized carbons (Fsp3) is 0.158. The maximum Gasteiger partial charge on any atom is 0.244 e. The normalized spacial score (nSPS) is 10.5. The lowest BCUT2D eigenvalue weighted by Gasteiger charge is -2.13. The molecule has 0 unspecified atom stereocenters. The van der Waals surface area contributed by atoms with Crippen LogP contribution in [-0.2, 0) is 11.3 Å². The summed E-state index contributed by atoms with van der Waals surface area (Å²) in [6.45, 7) is 1.87. The monoisotopic (exact) mass is 337 g/mol. The van der Waals surface area contributed by atoms with E-state index < -0.39 is 0 Å². The lowest BCUT2D eigenvalue weighted by atomic mass is 10.2. The minimum Gasteiger partial charge on any atom is -0.491 e. The lowest BCUT2D eigenvalue weighted by Crippen LogP contribution is -2.22. The first-order valence-electron chi connectivity index (χ1n) is 7.85. The standard InChI is InChI=1S/C19H19N3O3/c1-14-10-17(23)18(25-2)12-22(14)13-19(24)20-15-6-5-7-16(11-15)21-8-3-4-9-21/h3-12H,13H2,1-2H3,(H,20,24). The first-order valence-corrected chi connectivity index (χ1v) is 7.85. The fourth-order valence-corrected chi connectivity index (χ4v) is 2.58. The van der Waals surface area contributed by atoms with E-state index >= 15 is 0 Å². The van der Waals surface area contributed by atoms with Gasteiger partial charge >= 0.3 is 0 Å². The van der Waals surface area contributed by atoms with Gasteiger partial charge in [0.1, 0.15) is 6.54 Å². The minimum absolute atomic E-state index is 0.0935. The van der Waals surface area contributed by atoms with Gasteiger partial charge in [-0.05, 0) is 37.3 Å². The third-order valence-corrected chi connectivity index (χ3v) is 3.88. The molecule has 0 fully saturated rings. The Labute approximate surface area is 145 Å². The number of amides is 1. The Bertz CT molecular complexity index is 943. The van der Waals surface area contributed by atoms with Crippen LogP contribution in [0.3, 0.4) is 0 Å². The number of aromatic nitrogens is 2. The van der Waals surface area contributed by atoms with E-state index in [1.165, 1.54) is 13.2 Å². The van der Waals surface area contributed by atoms with Crippen LogP contribution in [0.2, 0.25) is 0 Å². The highest BCUT2D eigenvalue weighted by Gasteiger charge is 2.09. The lowest BCUT2D eigenvalue weighted by molar-refractivity contribution is -0.116. The highest BCUT2D eigenvalue weighted by molar-refractivity contribution is 5.90. The van der Waals surface area contributed by atoms with E-state index in [4.69, 9.17) is 4.74 Å². The second-order valence-electron chi connectivity index (χ2n) is 5.66. The SMILES string of the molecule is COc1cn(CC(=O)Nc2cccc(-n3cccc3)c2)c(C)cc1=O. The summed E-state index contributed by atoms with van der Waals surface area (Å²) in [6, 6.07) is 12.9. The third-order valence-electron chi connectivity index (χ3n) is 3.88. The molecule has 0 aliphatic carbocycles. The number of rotatable bonds is 5. The topological polar surface area (TPSA) is 65.3 Å². The first-order chi connectivity index (χ1) is 12.1. The Morgan fingerprint density at radius 1 is 1.16 bits per heavy atom. The summed E-state index contributed by atoms with van der Waals surface area (Å²) in [6.07, 6.45) is 5.43. The Kier molecular flexibility index (Phi) is 4.70. The van der Waals surface area contributed by atoms with Crippen molar-refractivity contribution in [1.29, 1.82) is 0 Å². The molecule has 128 valence electrons. The number of nitrogens with zero attached hydrogens (tertiary/aromatic N) is 2. The van der Waals surface area contributed by atoms with Crippen molar-refractivity contribution in [3.8, 4) is 11.4 Å². The van der Waals surface area contributed by atoms with E-state index in [-0.39, 0.29) is 23.6 Å². The molecule has 1 amide bonds. The zero-order valence-corrected chi connectivity index (χ0v) is 14.1. The Balaban J connectivity index is 1.75. The van der Waals surface area contributed by atoms with Crippen molar-refractivity contribution < 1.29 is 9.53 Å². The van der Waals surface area contributed by atoms with E-state index in [1.54, 1.807) is 17.7 Å². The quantitative estimate of drug-likeness (QED) is 0.778. The molecule has 2 aromatic heterocycles. The van der Waals surface area contributed by atoms with Gasteiger partial charge in [0.05, 0.1) is 13.3 Å². The number of hydrogen-bond donors (Lipinski definition) is 1. The predicted octanol–water partition coefficient (Wildman–Crippen LogP) is 2.59. The molecule has 25 heavy (non-hydrogen) atoms. The molecule has 6 heteroatoms. The summed E-state index contributed by atoms with van der Waals surface area (Å²) in [7, 11) is 1.43. The smallest absolute Gasteiger partial charge is 0.244 e. The molecular formula is C19H19N3O3. The molecule has 0 aliphatic rings. The highest BCUT2D eigenvalue weighted by atomic mass is 16.5. The number of methoxy groups -OCH3 is 1. The van der Waals surface area contributed by atoms with Crippen LogP contribution in [0.1, 0.15) is 5.69 Å². The number of pyridine rings is 1. The molecule has 0 aliphatic heterocycles. The molecule has 0 bridgehead atoms. The van der Waals surface area contributed by atoms with Gasteiger partial charge in [0.15, 0.2) is 5.75 Å². The molecule has 2 heterocycles. The molecule has 0 atom stereocenters. The van der Waals surface area contributed by atoms with Crippen molar-refractivity contribution >= 4 is 11.6 Å². The summed E-state index contributed by atoms with van der Waals surface area (Å²) in [5.41, 5.74) is 2.17. The predicted molar refractivity (Wildman–Crippen MR) is 96.4 cm³/mol. The van der Waals surface area contributed by atoms with Crippen LogP contribution in [0.25, 0.3) is 5.69 Å². The summed E-state index contributed by atoms with van der Waals surface area (Å²) in [5.74, 6) is 0.0338. The molecule has 3 rings (SSSR count). The molecule has 3 aromatic rings. The van der Waals surface area contributed by atoms with E-state index in [9.17, 15) is 9.59 Å². The van der Waals surface area contributed by atoms with E-state index in [2.05, 4.69) is 5.32 Å². The Hall–Kier alpha value is -3.28. The van der Waals surface area contributed by atoms with Gasteiger partial charge in [-0.1, -0.05) is 6.07 Å². The Morgan fingerprint density at radius 3 is 2.64 bits per heavy atom. The maximum atomic E-state index is 12.4. The van der Waals surface area contributed by atoms with Gasteiger partial charge in [-0.15, -0.1) is 0 Å². The number of carbonyl (C=O) groups is 1. The van der Waals surface area contributed by atoms with Gasteiger partial charge in [0, 0.05) is 35.5 Å². The van der Waals surface area contributed by atoms with Gasteiger partial charge in [0.25, 0.3) is 0 Å². The summed E-state index contributed by atoms with van der Waals surface area (Å²) in [4.78, 5) is 24.1. The van der Waals surface area contributed by atoms with E-state index in [0.717, 1.165) is 5.69 Å². The molecule has 1 N–H and O–H groups in total. The van der Waals surface area contributed by atoms with Crippen LogP contribution in [0.5, 0.6) is 5.75 Å². The van der Waals surface area contributed by atoms with Crippen LogP contribution in [0.4, 0.5) is 5.69 Å². The Morgan fingerprint density at radius 2 is 1.92 bits per heavy atom. The summed E-state index contributed by atoms with van der Waals surface area (Å²) in [5, 5.41) is 2.88. The molecule has 0 spiro atoms.